The van der Waals surface area contributed by atoms with Crippen molar-refractivity contribution >= 4 is 28.4 Å². The summed E-state index contributed by atoms with van der Waals surface area (Å²) in [6, 6.07) is 9.54. The number of carbonyl (C=O) groups excluding carboxylic acids is 1. The maximum Gasteiger partial charge on any atom is 0.254 e. The molecule has 6 nitrogen and oxygen atoms in total. The van der Waals surface area contributed by atoms with E-state index in [1.807, 2.05) is 17.0 Å². The molecule has 0 bridgehead atoms. The molecule has 0 saturated carbocycles. The van der Waals surface area contributed by atoms with Crippen molar-refractivity contribution in [2.24, 2.45) is 0 Å². The van der Waals surface area contributed by atoms with Crippen LogP contribution in [0.1, 0.15) is 41.1 Å². The predicted octanol–water partition coefficient (Wildman–Crippen LogP) is 5.01. The topological polar surface area (TPSA) is 63.8 Å². The van der Waals surface area contributed by atoms with Gasteiger partial charge in [0.15, 0.2) is 11.5 Å². The Morgan fingerprint density at radius 3 is 2.77 bits per heavy atom. The van der Waals surface area contributed by atoms with Crippen LogP contribution in [-0.2, 0) is 0 Å². The molecule has 0 unspecified atom stereocenters. The Bertz CT molecular complexity index is 1120. The van der Waals surface area contributed by atoms with E-state index in [0.717, 1.165) is 30.5 Å². The lowest BCUT2D eigenvalue weighted by atomic mass is 9.89. The Morgan fingerprint density at radius 2 is 1.97 bits per heavy atom. The number of rotatable bonds is 3. The van der Waals surface area contributed by atoms with E-state index in [4.69, 9.17) is 25.8 Å². The number of H-pyrrole nitrogens is 1. The molecule has 162 valence electrons. The molecule has 1 saturated heterocycles. The first-order chi connectivity index (χ1) is 15.1. The molecule has 1 aromatic heterocycles. The number of nitrogens with zero attached hydrogens (tertiary/aromatic N) is 1. The number of aromatic nitrogens is 1. The number of benzene rings is 2. The molecule has 0 spiro atoms. The lowest BCUT2D eigenvalue weighted by Crippen LogP contribution is -2.37. The Balaban J connectivity index is 1.31. The van der Waals surface area contributed by atoms with E-state index in [9.17, 15) is 4.79 Å². The number of carbonyl (C=O) groups is 1. The molecule has 3 heterocycles. The number of hydrogen-bond acceptors (Lipinski definition) is 4. The first-order valence-corrected chi connectivity index (χ1v) is 11.1. The summed E-state index contributed by atoms with van der Waals surface area (Å²) in [6.45, 7) is 2.52. The molecule has 2 aromatic carbocycles. The number of nitrogens with one attached hydrogen (secondary N) is 1. The predicted molar refractivity (Wildman–Crippen MR) is 120 cm³/mol. The van der Waals surface area contributed by atoms with Crippen molar-refractivity contribution in [2.75, 3.05) is 33.4 Å². The maximum absolute atomic E-state index is 13.2. The third-order valence-electron chi connectivity index (χ3n) is 6.19. The van der Waals surface area contributed by atoms with Crippen molar-refractivity contribution < 1.29 is 19.0 Å². The van der Waals surface area contributed by atoms with Crippen LogP contribution in [0.15, 0.2) is 36.5 Å². The normalized spacial score (nSPS) is 16.9. The molecule has 0 atom stereocenters. The average molecular weight is 441 g/mol. The lowest BCUT2D eigenvalue weighted by molar-refractivity contribution is 0.0713. The zero-order valence-corrected chi connectivity index (χ0v) is 18.2. The molecule has 5 rings (SSSR count). The molecule has 31 heavy (non-hydrogen) atoms. The Morgan fingerprint density at radius 1 is 1.16 bits per heavy atom. The van der Waals surface area contributed by atoms with E-state index < -0.39 is 0 Å². The molecule has 1 N–H and O–H groups in total. The van der Waals surface area contributed by atoms with Gasteiger partial charge in [-0.2, -0.15) is 0 Å². The smallest absolute Gasteiger partial charge is 0.254 e. The Hall–Kier alpha value is -2.86. The van der Waals surface area contributed by atoms with Crippen molar-refractivity contribution in [2.45, 2.75) is 25.2 Å². The van der Waals surface area contributed by atoms with Crippen LogP contribution in [0.2, 0.25) is 5.02 Å². The van der Waals surface area contributed by atoms with Crippen LogP contribution in [0, 0.1) is 0 Å². The highest BCUT2D eigenvalue weighted by atomic mass is 35.5. The third-order valence-corrected chi connectivity index (χ3v) is 6.47. The second-order valence-electron chi connectivity index (χ2n) is 8.06. The quantitative estimate of drug-likeness (QED) is 0.621. The largest absolute Gasteiger partial charge is 0.497 e. The molecule has 0 radical (unpaired) electrons. The first-order valence-electron chi connectivity index (χ1n) is 10.7. The zero-order chi connectivity index (χ0) is 21.4. The van der Waals surface area contributed by atoms with Gasteiger partial charge in [-0.25, -0.2) is 0 Å². The van der Waals surface area contributed by atoms with Gasteiger partial charge in [-0.1, -0.05) is 11.6 Å². The van der Waals surface area contributed by atoms with Gasteiger partial charge >= 0.3 is 0 Å². The van der Waals surface area contributed by atoms with Crippen LogP contribution in [0.25, 0.3) is 10.9 Å². The van der Waals surface area contributed by atoms with Crippen LogP contribution in [0.5, 0.6) is 17.2 Å². The summed E-state index contributed by atoms with van der Waals surface area (Å²) < 4.78 is 16.8. The number of aromatic amines is 1. The van der Waals surface area contributed by atoms with Gasteiger partial charge in [-0.05, 0) is 54.7 Å². The van der Waals surface area contributed by atoms with Crippen LogP contribution in [0.4, 0.5) is 0 Å². The minimum absolute atomic E-state index is 0.0170. The number of hydrogen-bond donors (Lipinski definition) is 1. The number of amides is 1. The highest BCUT2D eigenvalue weighted by molar-refractivity contribution is 6.32. The molecule has 1 amide bonds. The number of piperidine rings is 1. The van der Waals surface area contributed by atoms with Crippen molar-refractivity contribution in [3.05, 3.63) is 52.7 Å². The van der Waals surface area contributed by atoms with Gasteiger partial charge < -0.3 is 24.1 Å². The summed E-state index contributed by atoms with van der Waals surface area (Å²) in [5, 5.41) is 1.61. The number of methoxy groups -OCH3 is 1. The van der Waals surface area contributed by atoms with Crippen molar-refractivity contribution in [3.8, 4) is 17.2 Å². The molecule has 0 aliphatic carbocycles. The highest BCUT2D eigenvalue weighted by Crippen LogP contribution is 2.39. The molecule has 1 fully saturated rings. The fraction of sp³-hybridized carbons (Fsp3) is 0.375. The van der Waals surface area contributed by atoms with Crippen molar-refractivity contribution in [1.82, 2.24) is 9.88 Å². The van der Waals surface area contributed by atoms with E-state index in [1.165, 1.54) is 10.9 Å². The number of fused-ring (bicyclic) bond motifs is 2. The molecule has 3 aromatic rings. The van der Waals surface area contributed by atoms with Gasteiger partial charge in [0.1, 0.15) is 5.75 Å². The molecular formula is C24H25ClN2O4. The molecule has 2 aliphatic rings. The molecule has 7 heteroatoms. The minimum atomic E-state index is -0.0170. The summed E-state index contributed by atoms with van der Waals surface area (Å²) in [7, 11) is 1.68. The minimum Gasteiger partial charge on any atom is -0.497 e. The fourth-order valence-corrected chi connectivity index (χ4v) is 4.78. The van der Waals surface area contributed by atoms with Crippen LogP contribution < -0.4 is 14.2 Å². The summed E-state index contributed by atoms with van der Waals surface area (Å²) in [5.41, 5.74) is 2.94. The average Bonchev–Trinajstić information content (AvgIpc) is 3.07. The van der Waals surface area contributed by atoms with E-state index in [-0.39, 0.29) is 5.91 Å². The van der Waals surface area contributed by atoms with E-state index >= 15 is 0 Å². The Kier molecular flexibility index (Phi) is 5.40. The van der Waals surface area contributed by atoms with Crippen LogP contribution >= 0.6 is 11.6 Å². The summed E-state index contributed by atoms with van der Waals surface area (Å²) in [5.74, 6) is 2.32. The monoisotopic (exact) mass is 440 g/mol. The second-order valence-corrected chi connectivity index (χ2v) is 8.47. The van der Waals surface area contributed by atoms with Crippen molar-refractivity contribution in [3.63, 3.8) is 0 Å². The Labute approximate surface area is 186 Å². The molecular weight excluding hydrogens is 416 g/mol. The van der Waals surface area contributed by atoms with Gasteiger partial charge in [-0.15, -0.1) is 0 Å². The van der Waals surface area contributed by atoms with E-state index in [1.54, 1.807) is 19.2 Å². The number of halogens is 1. The molecule has 2 aliphatic heterocycles. The number of ether oxygens (including phenoxy) is 3. The first kappa shape index (κ1) is 20.1. The number of likely N-dealkylation sites (tertiary alicyclic amines) is 1. The highest BCUT2D eigenvalue weighted by Gasteiger charge is 2.27. The fourth-order valence-electron chi connectivity index (χ4n) is 4.52. The van der Waals surface area contributed by atoms with Gasteiger partial charge in [0.05, 0.1) is 25.3 Å². The maximum atomic E-state index is 13.2. The summed E-state index contributed by atoms with van der Waals surface area (Å²) >= 11 is 6.38. The second kappa shape index (κ2) is 8.35. The lowest BCUT2D eigenvalue weighted by Gasteiger charge is -2.32. The van der Waals surface area contributed by atoms with Crippen LogP contribution in [0.3, 0.4) is 0 Å². The van der Waals surface area contributed by atoms with Gasteiger partial charge in [-0.3, -0.25) is 4.79 Å². The summed E-state index contributed by atoms with van der Waals surface area (Å²) in [4.78, 5) is 18.4. The standard InChI is InChI=1S/C24H25ClN2O4/c1-29-17-3-4-21-18(13-17)19(14-26-21)15-5-7-27(8-6-15)24(28)16-11-20(25)23-22(12-16)30-9-2-10-31-23/h3-4,11-15,26H,2,5-10H2,1H3. The van der Waals surface area contributed by atoms with Crippen molar-refractivity contribution in [1.29, 1.82) is 0 Å². The third kappa shape index (κ3) is 3.81. The van der Waals surface area contributed by atoms with Crippen LogP contribution in [-0.4, -0.2) is 49.2 Å². The van der Waals surface area contributed by atoms with E-state index in [2.05, 4.69) is 17.2 Å². The summed E-state index contributed by atoms with van der Waals surface area (Å²) in [6.07, 6.45) is 4.71. The van der Waals surface area contributed by atoms with Gasteiger partial charge in [0.25, 0.3) is 5.91 Å². The van der Waals surface area contributed by atoms with Gasteiger partial charge in [0, 0.05) is 42.2 Å². The zero-order valence-electron chi connectivity index (χ0n) is 17.4. The van der Waals surface area contributed by atoms with Gasteiger partial charge in [0.2, 0.25) is 0 Å². The van der Waals surface area contributed by atoms with E-state index in [0.29, 0.717) is 54.3 Å². The SMILES string of the molecule is COc1ccc2[nH]cc(C3CCN(C(=O)c4cc(Cl)c5c(c4)OCCCO5)CC3)c2c1.